The molecule has 0 amide bonds. The average molecular weight is 407 g/mol. The molecule has 0 saturated heterocycles. The monoisotopic (exact) mass is 406 g/mol. The van der Waals surface area contributed by atoms with Crippen LogP contribution in [-0.4, -0.2) is 17.4 Å². The second-order valence-electron chi connectivity index (χ2n) is 6.19. The van der Waals surface area contributed by atoms with E-state index in [9.17, 15) is 0 Å². The Morgan fingerprint density at radius 1 is 1.21 bits per heavy atom. The highest BCUT2D eigenvalue weighted by Crippen LogP contribution is 2.38. The Labute approximate surface area is 176 Å². The maximum absolute atomic E-state index is 5.96. The first-order valence-corrected chi connectivity index (χ1v) is 10.6. The Hall–Kier alpha value is -3.18. The molecule has 1 aliphatic rings. The van der Waals surface area contributed by atoms with E-state index in [4.69, 9.17) is 9.47 Å². The third-order valence-corrected chi connectivity index (χ3v) is 4.76. The lowest BCUT2D eigenvalue weighted by atomic mass is 10.3. The molecule has 0 atom stereocenters. The lowest BCUT2D eigenvalue weighted by molar-refractivity contribution is 0.437. The fourth-order valence-corrected chi connectivity index (χ4v) is 3.25. The van der Waals surface area contributed by atoms with Gasteiger partial charge in [0.15, 0.2) is 17.4 Å². The Balaban J connectivity index is 1.59. The van der Waals surface area contributed by atoms with E-state index in [1.54, 1.807) is 10.9 Å². The minimum Gasteiger partial charge on any atom is -0.456 e. The van der Waals surface area contributed by atoms with Gasteiger partial charge in [-0.2, -0.15) is 0 Å². The molecule has 5 heteroatoms. The van der Waals surface area contributed by atoms with Crippen molar-refractivity contribution in [2.45, 2.75) is 20.3 Å². The Kier molecular flexibility index (Phi) is 7.36. The summed E-state index contributed by atoms with van der Waals surface area (Å²) in [7, 11) is 1.58. The van der Waals surface area contributed by atoms with Crippen molar-refractivity contribution in [2.75, 3.05) is 16.8 Å². The van der Waals surface area contributed by atoms with Gasteiger partial charge < -0.3 is 19.7 Å². The molecule has 2 aromatic carbocycles. The van der Waals surface area contributed by atoms with Crippen molar-refractivity contribution < 1.29 is 9.47 Å². The van der Waals surface area contributed by atoms with Crippen molar-refractivity contribution in [3.05, 3.63) is 85.0 Å². The van der Waals surface area contributed by atoms with Gasteiger partial charge in [-0.25, -0.2) is 0 Å². The van der Waals surface area contributed by atoms with Gasteiger partial charge in [-0.1, -0.05) is 36.9 Å². The SMILES string of the molecule is C=C(C=CCC=C1Oc2ccccc2N1CC)Oc1ccccc1NC=S=CC. The van der Waals surface area contributed by atoms with E-state index in [-0.39, 0.29) is 0 Å². The van der Waals surface area contributed by atoms with Crippen LogP contribution in [0, 0.1) is 0 Å². The number of ether oxygens (including phenoxy) is 2. The van der Waals surface area contributed by atoms with Crippen LogP contribution in [-0.2, 0) is 0 Å². The van der Waals surface area contributed by atoms with Gasteiger partial charge in [-0.15, -0.1) is 10.9 Å². The van der Waals surface area contributed by atoms with Gasteiger partial charge >= 0.3 is 0 Å². The van der Waals surface area contributed by atoms with E-state index >= 15 is 0 Å². The van der Waals surface area contributed by atoms with Gasteiger partial charge in [0.25, 0.3) is 0 Å². The van der Waals surface area contributed by atoms with Crippen LogP contribution in [0.1, 0.15) is 20.3 Å². The van der Waals surface area contributed by atoms with Crippen molar-refractivity contribution >= 4 is 33.2 Å². The predicted molar refractivity (Wildman–Crippen MR) is 127 cm³/mol. The van der Waals surface area contributed by atoms with Crippen molar-refractivity contribution in [3.8, 4) is 11.5 Å². The van der Waals surface area contributed by atoms with Crippen molar-refractivity contribution in [2.24, 2.45) is 0 Å². The highest BCUT2D eigenvalue weighted by Gasteiger charge is 2.23. The lowest BCUT2D eigenvalue weighted by Crippen LogP contribution is -2.19. The molecule has 4 nitrogen and oxygen atoms in total. The molecular weight excluding hydrogens is 380 g/mol. The molecule has 0 bridgehead atoms. The molecule has 3 rings (SSSR count). The molecule has 0 fully saturated rings. The first-order valence-electron chi connectivity index (χ1n) is 9.61. The molecule has 29 heavy (non-hydrogen) atoms. The number of nitrogens with one attached hydrogen (secondary N) is 1. The zero-order valence-electron chi connectivity index (χ0n) is 16.8. The Morgan fingerprint density at radius 2 is 2.00 bits per heavy atom. The first-order chi connectivity index (χ1) is 14.2. The van der Waals surface area contributed by atoms with Gasteiger partial charge in [0.2, 0.25) is 0 Å². The molecular formula is C24H26N2O2S. The summed E-state index contributed by atoms with van der Waals surface area (Å²) in [5.41, 5.74) is 3.92. The van der Waals surface area contributed by atoms with Gasteiger partial charge in [0, 0.05) is 6.54 Å². The zero-order chi connectivity index (χ0) is 20.5. The van der Waals surface area contributed by atoms with E-state index < -0.39 is 0 Å². The van der Waals surface area contributed by atoms with Crippen LogP contribution >= 0.6 is 10.9 Å². The largest absolute Gasteiger partial charge is 0.456 e. The molecule has 0 radical (unpaired) electrons. The molecule has 1 heterocycles. The summed E-state index contributed by atoms with van der Waals surface area (Å²) in [6.45, 7) is 8.96. The topological polar surface area (TPSA) is 33.7 Å². The molecule has 1 N–H and O–H groups in total. The number of hydrogen-bond acceptors (Lipinski definition) is 3. The molecule has 0 aliphatic carbocycles. The summed E-state index contributed by atoms with van der Waals surface area (Å²) in [5, 5.41) is 5.23. The standard InChI is InChI=1S/C24H26N2O2S/c1-4-26-21-14-8-10-16-23(21)28-24(26)17-11-6-12-19(3)27-22-15-9-7-13-20(22)25-18-29-5-2/h5-10,12-18,25H,3-4,11H2,1-2H3. The second kappa shape index (κ2) is 10.4. The number of nitrogens with zero attached hydrogens (tertiary/aromatic N) is 1. The van der Waals surface area contributed by atoms with Crippen LogP contribution in [0.25, 0.3) is 0 Å². The second-order valence-corrected chi connectivity index (χ2v) is 7.17. The minimum absolute atomic E-state index is 0.579. The Bertz CT molecular complexity index is 988. The summed E-state index contributed by atoms with van der Waals surface area (Å²) in [5.74, 6) is 3.08. The average Bonchev–Trinajstić information content (AvgIpc) is 3.10. The van der Waals surface area contributed by atoms with Crippen LogP contribution in [0.3, 0.4) is 0 Å². The summed E-state index contributed by atoms with van der Waals surface area (Å²) >= 11 is 0. The first kappa shape index (κ1) is 20.6. The predicted octanol–water partition coefficient (Wildman–Crippen LogP) is 6.01. The van der Waals surface area contributed by atoms with Gasteiger partial charge in [0.05, 0.1) is 16.9 Å². The number of benzene rings is 2. The third kappa shape index (κ3) is 5.42. The van der Waals surface area contributed by atoms with Gasteiger partial charge in [0.1, 0.15) is 5.76 Å². The summed E-state index contributed by atoms with van der Waals surface area (Å²) in [6.07, 6.45) is 6.68. The smallest absolute Gasteiger partial charge is 0.196 e. The molecule has 0 saturated carbocycles. The van der Waals surface area contributed by atoms with E-state index in [0.29, 0.717) is 5.76 Å². The van der Waals surface area contributed by atoms with Crippen molar-refractivity contribution in [3.63, 3.8) is 0 Å². The number of anilines is 2. The molecule has 150 valence electrons. The van der Waals surface area contributed by atoms with E-state index in [1.807, 2.05) is 72.4 Å². The Morgan fingerprint density at radius 3 is 2.83 bits per heavy atom. The van der Waals surface area contributed by atoms with Crippen LogP contribution in [0.5, 0.6) is 11.5 Å². The van der Waals surface area contributed by atoms with E-state index in [2.05, 4.69) is 35.9 Å². The quantitative estimate of drug-likeness (QED) is 0.330. The van der Waals surface area contributed by atoms with Crippen LogP contribution in [0.15, 0.2) is 85.0 Å². The molecule has 2 aromatic rings. The van der Waals surface area contributed by atoms with Crippen molar-refractivity contribution in [1.29, 1.82) is 0 Å². The third-order valence-electron chi connectivity index (χ3n) is 4.23. The molecule has 1 aliphatic heterocycles. The van der Waals surface area contributed by atoms with Gasteiger partial charge in [-0.3, -0.25) is 0 Å². The molecule has 0 spiro atoms. The van der Waals surface area contributed by atoms with Crippen LogP contribution in [0.2, 0.25) is 0 Å². The normalized spacial score (nSPS) is 13.7. The number of allylic oxidation sites excluding steroid dienone is 3. The van der Waals surface area contributed by atoms with E-state index in [1.165, 1.54) is 0 Å². The molecule has 0 aromatic heterocycles. The van der Waals surface area contributed by atoms with Gasteiger partial charge in [-0.05, 0) is 62.1 Å². The van der Waals surface area contributed by atoms with E-state index in [0.717, 1.165) is 41.7 Å². The zero-order valence-corrected chi connectivity index (χ0v) is 17.6. The minimum atomic E-state index is 0.579. The number of para-hydroxylation sites is 4. The highest BCUT2D eigenvalue weighted by atomic mass is 32.1. The summed E-state index contributed by atoms with van der Waals surface area (Å²) < 4.78 is 11.9. The summed E-state index contributed by atoms with van der Waals surface area (Å²) in [4.78, 5) is 2.17. The highest BCUT2D eigenvalue weighted by molar-refractivity contribution is 7.96. The fourth-order valence-electron chi connectivity index (χ4n) is 2.92. The number of hydrogen-bond donors (Lipinski definition) is 1. The lowest BCUT2D eigenvalue weighted by Gasteiger charge is -2.15. The van der Waals surface area contributed by atoms with Crippen LogP contribution in [0.4, 0.5) is 11.4 Å². The molecule has 0 unspecified atom stereocenters. The summed E-state index contributed by atoms with van der Waals surface area (Å²) in [6, 6.07) is 15.9. The van der Waals surface area contributed by atoms with Crippen LogP contribution < -0.4 is 19.7 Å². The maximum atomic E-state index is 5.96. The fraction of sp³-hybridized carbons (Fsp3) is 0.167. The van der Waals surface area contributed by atoms with Crippen molar-refractivity contribution in [1.82, 2.24) is 0 Å². The maximum Gasteiger partial charge on any atom is 0.196 e. The number of rotatable bonds is 8. The number of fused-ring (bicyclic) bond motifs is 1.